The molecule has 0 atom stereocenters. The molecular weight excluding hydrogens is 164 g/mol. The van der Waals surface area contributed by atoms with Gasteiger partial charge in [-0.3, -0.25) is 0 Å². The Kier molecular flexibility index (Phi) is 2.15. The van der Waals surface area contributed by atoms with Gasteiger partial charge < -0.3 is 9.52 Å². The summed E-state index contributed by atoms with van der Waals surface area (Å²) in [5, 5.41) is 8.84. The summed E-state index contributed by atoms with van der Waals surface area (Å²) in [5.74, 6) is 0. The Morgan fingerprint density at radius 3 is 2.31 bits per heavy atom. The zero-order valence-electron chi connectivity index (χ0n) is 7.10. The summed E-state index contributed by atoms with van der Waals surface area (Å²) >= 11 is 0. The van der Waals surface area contributed by atoms with Crippen LogP contribution in [0.5, 0.6) is 0 Å². The minimum atomic E-state index is 0.0890. The molecule has 66 valence electrons. The van der Waals surface area contributed by atoms with Gasteiger partial charge in [-0.1, -0.05) is 24.3 Å². The molecule has 2 nitrogen and oxygen atoms in total. The predicted octanol–water partition coefficient (Wildman–Crippen LogP) is 2.44. The molecule has 2 heteroatoms. The molecular formula is C11H10O2. The van der Waals surface area contributed by atoms with E-state index in [0.717, 1.165) is 16.7 Å². The maximum Gasteiger partial charge on any atom is 0.0980 e. The lowest BCUT2D eigenvalue weighted by Crippen LogP contribution is -1.81. The number of benzene rings is 1. The van der Waals surface area contributed by atoms with E-state index in [2.05, 4.69) is 0 Å². The summed E-state index contributed by atoms with van der Waals surface area (Å²) in [4.78, 5) is 0. The largest absolute Gasteiger partial charge is 0.472 e. The second kappa shape index (κ2) is 3.46. The van der Waals surface area contributed by atoms with Crippen LogP contribution in [-0.2, 0) is 6.61 Å². The molecule has 0 unspecified atom stereocenters. The van der Waals surface area contributed by atoms with Gasteiger partial charge in [-0.2, -0.15) is 0 Å². The number of aliphatic hydroxyl groups excluding tert-OH is 1. The van der Waals surface area contributed by atoms with E-state index >= 15 is 0 Å². The van der Waals surface area contributed by atoms with Crippen LogP contribution >= 0.6 is 0 Å². The van der Waals surface area contributed by atoms with Crippen molar-refractivity contribution in [2.75, 3.05) is 0 Å². The van der Waals surface area contributed by atoms with Gasteiger partial charge in [0.2, 0.25) is 0 Å². The van der Waals surface area contributed by atoms with Crippen LogP contribution in [0.2, 0.25) is 0 Å². The number of hydrogen-bond donors (Lipinski definition) is 1. The highest BCUT2D eigenvalue weighted by Gasteiger charge is 1.97. The maximum absolute atomic E-state index is 8.84. The third kappa shape index (κ3) is 1.63. The van der Waals surface area contributed by atoms with Crippen LogP contribution < -0.4 is 0 Å². The molecule has 0 amide bonds. The fourth-order valence-corrected chi connectivity index (χ4v) is 1.23. The highest BCUT2D eigenvalue weighted by atomic mass is 16.3. The lowest BCUT2D eigenvalue weighted by Gasteiger charge is -1.98. The van der Waals surface area contributed by atoms with Gasteiger partial charge in [0.25, 0.3) is 0 Å². The third-order valence-corrected chi connectivity index (χ3v) is 1.99. The second-order valence-corrected chi connectivity index (χ2v) is 2.87. The van der Waals surface area contributed by atoms with Gasteiger partial charge in [-0.15, -0.1) is 0 Å². The Balaban J connectivity index is 2.33. The molecule has 2 aromatic rings. The molecule has 0 spiro atoms. The summed E-state index contributed by atoms with van der Waals surface area (Å²) in [6.07, 6.45) is 3.35. The minimum Gasteiger partial charge on any atom is -0.472 e. The molecule has 1 N–H and O–H groups in total. The van der Waals surface area contributed by atoms with Crippen LogP contribution in [0.15, 0.2) is 47.3 Å². The Labute approximate surface area is 76.4 Å². The van der Waals surface area contributed by atoms with Crippen molar-refractivity contribution in [3.63, 3.8) is 0 Å². The van der Waals surface area contributed by atoms with E-state index in [0.29, 0.717) is 0 Å². The Hall–Kier alpha value is -1.54. The van der Waals surface area contributed by atoms with Crippen molar-refractivity contribution in [3.8, 4) is 11.1 Å². The maximum atomic E-state index is 8.84. The SMILES string of the molecule is OCc1ccc(-c2ccoc2)cc1. The van der Waals surface area contributed by atoms with E-state index in [1.54, 1.807) is 12.5 Å². The molecule has 0 saturated heterocycles. The molecule has 2 rings (SSSR count). The predicted molar refractivity (Wildman–Crippen MR) is 50.1 cm³/mol. The van der Waals surface area contributed by atoms with Crippen LogP contribution in [0.4, 0.5) is 0 Å². The van der Waals surface area contributed by atoms with E-state index in [1.165, 1.54) is 0 Å². The van der Waals surface area contributed by atoms with Gasteiger partial charge in [0, 0.05) is 5.56 Å². The monoisotopic (exact) mass is 174 g/mol. The summed E-state index contributed by atoms with van der Waals surface area (Å²) in [6.45, 7) is 0.0890. The van der Waals surface area contributed by atoms with E-state index in [-0.39, 0.29) is 6.61 Å². The first-order chi connectivity index (χ1) is 6.40. The molecule has 0 radical (unpaired) electrons. The normalized spacial score (nSPS) is 10.2. The van der Waals surface area contributed by atoms with Crippen molar-refractivity contribution in [1.29, 1.82) is 0 Å². The highest BCUT2D eigenvalue weighted by molar-refractivity contribution is 5.62. The molecule has 0 bridgehead atoms. The van der Waals surface area contributed by atoms with E-state index < -0.39 is 0 Å². The van der Waals surface area contributed by atoms with Gasteiger partial charge in [0.1, 0.15) is 0 Å². The number of rotatable bonds is 2. The average molecular weight is 174 g/mol. The van der Waals surface area contributed by atoms with Crippen molar-refractivity contribution in [2.45, 2.75) is 6.61 Å². The zero-order valence-corrected chi connectivity index (χ0v) is 7.10. The van der Waals surface area contributed by atoms with Gasteiger partial charge in [-0.05, 0) is 17.2 Å². The molecule has 0 fully saturated rings. The number of furan rings is 1. The van der Waals surface area contributed by atoms with E-state index in [9.17, 15) is 0 Å². The van der Waals surface area contributed by atoms with Crippen LogP contribution in [0, 0.1) is 0 Å². The molecule has 1 heterocycles. The molecule has 0 aliphatic heterocycles. The first kappa shape index (κ1) is 8.08. The van der Waals surface area contributed by atoms with Crippen molar-refractivity contribution in [3.05, 3.63) is 48.4 Å². The lowest BCUT2D eigenvalue weighted by atomic mass is 10.1. The van der Waals surface area contributed by atoms with Crippen molar-refractivity contribution < 1.29 is 9.52 Å². The highest BCUT2D eigenvalue weighted by Crippen LogP contribution is 2.19. The third-order valence-electron chi connectivity index (χ3n) is 1.99. The molecule has 0 aliphatic carbocycles. The summed E-state index contributed by atoms with van der Waals surface area (Å²) in [6, 6.07) is 9.66. The van der Waals surface area contributed by atoms with Crippen LogP contribution in [0.1, 0.15) is 5.56 Å². The van der Waals surface area contributed by atoms with Crippen molar-refractivity contribution >= 4 is 0 Å². The smallest absolute Gasteiger partial charge is 0.0980 e. The van der Waals surface area contributed by atoms with Gasteiger partial charge in [0.15, 0.2) is 0 Å². The quantitative estimate of drug-likeness (QED) is 0.758. The van der Waals surface area contributed by atoms with E-state index in [4.69, 9.17) is 9.52 Å². The summed E-state index contributed by atoms with van der Waals surface area (Å²) < 4.78 is 4.98. The van der Waals surface area contributed by atoms with Crippen LogP contribution in [0.25, 0.3) is 11.1 Å². The second-order valence-electron chi connectivity index (χ2n) is 2.87. The Bertz CT molecular complexity index is 359. The van der Waals surface area contributed by atoms with Crippen LogP contribution in [0.3, 0.4) is 0 Å². The fourth-order valence-electron chi connectivity index (χ4n) is 1.23. The van der Waals surface area contributed by atoms with Gasteiger partial charge in [0.05, 0.1) is 19.1 Å². The summed E-state index contributed by atoms with van der Waals surface area (Å²) in [5.41, 5.74) is 3.09. The molecule has 13 heavy (non-hydrogen) atoms. The Morgan fingerprint density at radius 1 is 1.00 bits per heavy atom. The molecule has 1 aromatic carbocycles. The minimum absolute atomic E-state index is 0.0890. The average Bonchev–Trinajstić information content (AvgIpc) is 2.71. The topological polar surface area (TPSA) is 33.4 Å². The Morgan fingerprint density at radius 2 is 1.77 bits per heavy atom. The van der Waals surface area contributed by atoms with Crippen LogP contribution in [-0.4, -0.2) is 5.11 Å². The van der Waals surface area contributed by atoms with Gasteiger partial charge in [-0.25, -0.2) is 0 Å². The zero-order chi connectivity index (χ0) is 9.10. The number of hydrogen-bond acceptors (Lipinski definition) is 2. The van der Waals surface area contributed by atoms with Crippen molar-refractivity contribution in [1.82, 2.24) is 0 Å². The summed E-state index contributed by atoms with van der Waals surface area (Å²) in [7, 11) is 0. The molecule has 1 aromatic heterocycles. The first-order valence-electron chi connectivity index (χ1n) is 4.12. The standard InChI is InChI=1S/C11H10O2/c12-7-9-1-3-10(4-2-9)11-5-6-13-8-11/h1-6,8,12H,7H2. The first-order valence-corrected chi connectivity index (χ1v) is 4.12. The molecule has 0 aliphatic rings. The van der Waals surface area contributed by atoms with Gasteiger partial charge >= 0.3 is 0 Å². The molecule has 0 saturated carbocycles. The number of aliphatic hydroxyl groups is 1. The van der Waals surface area contributed by atoms with Crippen molar-refractivity contribution in [2.24, 2.45) is 0 Å². The lowest BCUT2D eigenvalue weighted by molar-refractivity contribution is 0.282. The van der Waals surface area contributed by atoms with E-state index in [1.807, 2.05) is 30.3 Å². The fraction of sp³-hybridized carbons (Fsp3) is 0.0909.